The van der Waals surface area contributed by atoms with Crippen molar-refractivity contribution in [3.8, 4) is 0 Å². The summed E-state index contributed by atoms with van der Waals surface area (Å²) in [6.45, 7) is 1.69. The third-order valence-electron chi connectivity index (χ3n) is 2.59. The van der Waals surface area contributed by atoms with Gasteiger partial charge in [-0.2, -0.15) is 0 Å². The van der Waals surface area contributed by atoms with E-state index in [-0.39, 0.29) is 0 Å². The molecule has 0 spiro atoms. The first-order valence-electron chi connectivity index (χ1n) is 5.24. The minimum absolute atomic E-state index is 0.395. The highest BCUT2D eigenvalue weighted by Crippen LogP contribution is 2.14. The Hall–Kier alpha value is -1.90. The average molecular weight is 215 g/mol. The normalized spacial score (nSPS) is 12.6. The average Bonchev–Trinajstić information content (AvgIpc) is 2.28. The molecule has 3 nitrogen and oxygen atoms in total. The number of carbonyl (C=O) groups is 1. The third-order valence-corrected chi connectivity index (χ3v) is 2.59. The van der Waals surface area contributed by atoms with Crippen LogP contribution in [0.4, 0.5) is 0 Å². The number of fused-ring (bicyclic) bond motifs is 1. The van der Waals surface area contributed by atoms with Crippen LogP contribution in [-0.4, -0.2) is 16.1 Å². The topological polar surface area (TPSA) is 50.2 Å². The summed E-state index contributed by atoms with van der Waals surface area (Å²) >= 11 is 0. The second kappa shape index (κ2) is 4.31. The van der Waals surface area contributed by atoms with E-state index in [1.807, 2.05) is 36.4 Å². The van der Waals surface area contributed by atoms with Crippen molar-refractivity contribution < 1.29 is 9.90 Å². The van der Waals surface area contributed by atoms with Gasteiger partial charge >= 0.3 is 5.97 Å². The lowest BCUT2D eigenvalue weighted by Gasteiger charge is -2.06. The minimum atomic E-state index is -0.782. The lowest BCUT2D eigenvalue weighted by molar-refractivity contribution is -0.141. The molecule has 1 aromatic carbocycles. The lowest BCUT2D eigenvalue weighted by Crippen LogP contribution is -2.12. The highest BCUT2D eigenvalue weighted by molar-refractivity contribution is 5.78. The van der Waals surface area contributed by atoms with Crippen molar-refractivity contribution in [2.45, 2.75) is 13.3 Å². The summed E-state index contributed by atoms with van der Waals surface area (Å²) in [7, 11) is 0. The van der Waals surface area contributed by atoms with Gasteiger partial charge in [0.15, 0.2) is 0 Å². The van der Waals surface area contributed by atoms with Crippen LogP contribution in [0.1, 0.15) is 12.6 Å². The monoisotopic (exact) mass is 215 g/mol. The quantitative estimate of drug-likeness (QED) is 0.855. The molecule has 3 heteroatoms. The van der Waals surface area contributed by atoms with Gasteiger partial charge in [0.05, 0.1) is 11.4 Å². The Kier molecular flexibility index (Phi) is 2.86. The molecule has 0 aliphatic carbocycles. The maximum absolute atomic E-state index is 10.7. The Labute approximate surface area is 93.7 Å². The molecule has 16 heavy (non-hydrogen) atoms. The van der Waals surface area contributed by atoms with E-state index < -0.39 is 11.9 Å². The standard InChI is InChI=1S/C13H13NO2/c1-9(13(15)16)8-11-7-6-10-4-2-3-5-12(10)14-11/h2-7,9H,8H2,1H3,(H,15,16). The van der Waals surface area contributed by atoms with E-state index in [0.717, 1.165) is 16.6 Å². The summed E-state index contributed by atoms with van der Waals surface area (Å²) in [5.74, 6) is -1.18. The van der Waals surface area contributed by atoms with E-state index >= 15 is 0 Å². The molecule has 1 N–H and O–H groups in total. The fourth-order valence-electron chi connectivity index (χ4n) is 1.62. The third kappa shape index (κ3) is 2.19. The maximum atomic E-state index is 10.7. The van der Waals surface area contributed by atoms with Crippen molar-refractivity contribution in [1.29, 1.82) is 0 Å². The molecule has 0 radical (unpaired) electrons. The number of rotatable bonds is 3. The molecule has 1 unspecified atom stereocenters. The number of aromatic nitrogens is 1. The summed E-state index contributed by atoms with van der Waals surface area (Å²) in [5.41, 5.74) is 1.74. The maximum Gasteiger partial charge on any atom is 0.306 e. The number of aliphatic carboxylic acids is 1. The molecule has 0 aliphatic rings. The van der Waals surface area contributed by atoms with Gasteiger partial charge in [0.1, 0.15) is 0 Å². The smallest absolute Gasteiger partial charge is 0.306 e. The summed E-state index contributed by atoms with van der Waals surface area (Å²) < 4.78 is 0. The van der Waals surface area contributed by atoms with E-state index in [1.54, 1.807) is 6.92 Å². The van der Waals surface area contributed by atoms with E-state index in [4.69, 9.17) is 5.11 Å². The van der Waals surface area contributed by atoms with Gasteiger partial charge in [-0.3, -0.25) is 9.78 Å². The second-order valence-electron chi connectivity index (χ2n) is 3.94. The van der Waals surface area contributed by atoms with Gasteiger partial charge < -0.3 is 5.11 Å². The molecule has 2 aromatic rings. The van der Waals surface area contributed by atoms with Crippen molar-refractivity contribution in [3.63, 3.8) is 0 Å². The first kappa shape index (κ1) is 10.6. The van der Waals surface area contributed by atoms with Crippen LogP contribution in [0.3, 0.4) is 0 Å². The van der Waals surface area contributed by atoms with Gasteiger partial charge in [0, 0.05) is 17.5 Å². The van der Waals surface area contributed by atoms with Gasteiger partial charge in [-0.1, -0.05) is 31.2 Å². The molecule has 0 saturated carbocycles. The van der Waals surface area contributed by atoms with Crippen LogP contribution in [0.15, 0.2) is 36.4 Å². The largest absolute Gasteiger partial charge is 0.481 e. The summed E-state index contributed by atoms with van der Waals surface area (Å²) in [6.07, 6.45) is 0.472. The molecule has 0 fully saturated rings. The number of hydrogen-bond donors (Lipinski definition) is 1. The molecule has 0 aliphatic heterocycles. The Morgan fingerprint density at radius 1 is 1.31 bits per heavy atom. The number of carboxylic acids is 1. The van der Waals surface area contributed by atoms with Crippen molar-refractivity contribution >= 4 is 16.9 Å². The van der Waals surface area contributed by atoms with Gasteiger partial charge in [-0.05, 0) is 12.1 Å². The Balaban J connectivity index is 2.29. The van der Waals surface area contributed by atoms with E-state index in [9.17, 15) is 4.79 Å². The lowest BCUT2D eigenvalue weighted by atomic mass is 10.0. The molecule has 0 bridgehead atoms. The van der Waals surface area contributed by atoms with Crippen molar-refractivity contribution in [2.75, 3.05) is 0 Å². The predicted molar refractivity (Wildman–Crippen MR) is 62.2 cm³/mol. The molecular formula is C13H13NO2. The van der Waals surface area contributed by atoms with Gasteiger partial charge in [0.25, 0.3) is 0 Å². The molecule has 1 heterocycles. The summed E-state index contributed by atoms with van der Waals surface area (Å²) in [4.78, 5) is 15.2. The molecule has 82 valence electrons. The zero-order valence-electron chi connectivity index (χ0n) is 9.05. The van der Waals surface area contributed by atoms with Crippen molar-refractivity contribution in [1.82, 2.24) is 4.98 Å². The number of nitrogens with zero attached hydrogens (tertiary/aromatic N) is 1. The Bertz CT molecular complexity index is 522. The van der Waals surface area contributed by atoms with E-state index in [1.165, 1.54) is 0 Å². The number of carboxylic acid groups (broad SMARTS) is 1. The first-order chi connectivity index (χ1) is 7.66. The molecule has 2 rings (SSSR count). The number of hydrogen-bond acceptors (Lipinski definition) is 2. The zero-order valence-corrected chi connectivity index (χ0v) is 9.05. The molecule has 1 atom stereocenters. The highest BCUT2D eigenvalue weighted by atomic mass is 16.4. The summed E-state index contributed by atoms with van der Waals surface area (Å²) in [6, 6.07) is 11.7. The highest BCUT2D eigenvalue weighted by Gasteiger charge is 2.12. The van der Waals surface area contributed by atoms with Crippen LogP contribution in [0, 0.1) is 5.92 Å². The van der Waals surface area contributed by atoms with Crippen LogP contribution in [0.2, 0.25) is 0 Å². The number of para-hydroxylation sites is 1. The van der Waals surface area contributed by atoms with Gasteiger partial charge in [-0.15, -0.1) is 0 Å². The second-order valence-corrected chi connectivity index (χ2v) is 3.94. The number of benzene rings is 1. The minimum Gasteiger partial charge on any atom is -0.481 e. The first-order valence-corrected chi connectivity index (χ1v) is 5.24. The fraction of sp³-hybridized carbons (Fsp3) is 0.231. The molecular weight excluding hydrogens is 202 g/mol. The van der Waals surface area contributed by atoms with E-state index in [0.29, 0.717) is 6.42 Å². The SMILES string of the molecule is CC(Cc1ccc2ccccc2n1)C(=O)O. The zero-order chi connectivity index (χ0) is 11.5. The van der Waals surface area contributed by atoms with Crippen molar-refractivity contribution in [3.05, 3.63) is 42.1 Å². The molecule has 1 aromatic heterocycles. The van der Waals surface area contributed by atoms with E-state index in [2.05, 4.69) is 4.98 Å². The van der Waals surface area contributed by atoms with Crippen LogP contribution >= 0.6 is 0 Å². The molecule has 0 amide bonds. The van der Waals surface area contributed by atoms with Crippen LogP contribution in [-0.2, 0) is 11.2 Å². The fourth-order valence-corrected chi connectivity index (χ4v) is 1.62. The Morgan fingerprint density at radius 3 is 2.81 bits per heavy atom. The molecule has 0 saturated heterocycles. The van der Waals surface area contributed by atoms with Crippen LogP contribution in [0.25, 0.3) is 10.9 Å². The van der Waals surface area contributed by atoms with Crippen LogP contribution < -0.4 is 0 Å². The Morgan fingerprint density at radius 2 is 2.06 bits per heavy atom. The van der Waals surface area contributed by atoms with Gasteiger partial charge in [0.2, 0.25) is 0 Å². The van der Waals surface area contributed by atoms with Crippen molar-refractivity contribution in [2.24, 2.45) is 5.92 Å². The van der Waals surface area contributed by atoms with Gasteiger partial charge in [-0.25, -0.2) is 0 Å². The predicted octanol–water partition coefficient (Wildman–Crippen LogP) is 2.50. The van der Waals surface area contributed by atoms with Crippen LogP contribution in [0.5, 0.6) is 0 Å². The number of pyridine rings is 1. The summed E-state index contributed by atoms with van der Waals surface area (Å²) in [5, 5.41) is 9.91.